The molecule has 2 heterocycles. The summed E-state index contributed by atoms with van der Waals surface area (Å²) in [5.74, 6) is -0.321. The number of ether oxygens (including phenoxy) is 1. The minimum Gasteiger partial charge on any atom is -0.458 e. The summed E-state index contributed by atoms with van der Waals surface area (Å²) in [6, 6.07) is 1.54. The first-order valence-corrected chi connectivity index (χ1v) is 8.31. The number of thiophene rings is 1. The monoisotopic (exact) mass is 309 g/mol. The van der Waals surface area contributed by atoms with Crippen LogP contribution in [0.2, 0.25) is 0 Å². The Labute approximate surface area is 130 Å². The van der Waals surface area contributed by atoms with E-state index < -0.39 is 11.6 Å². The topological polar surface area (TPSA) is 46.6 Å². The first-order valence-electron chi connectivity index (χ1n) is 7.43. The molecule has 4 nitrogen and oxygen atoms in total. The van der Waals surface area contributed by atoms with Crippen LogP contribution >= 0.6 is 11.3 Å². The Morgan fingerprint density at radius 2 is 2.14 bits per heavy atom. The number of aryl methyl sites for hydroxylation is 1. The van der Waals surface area contributed by atoms with Gasteiger partial charge in [-0.25, -0.2) is 4.79 Å². The maximum atomic E-state index is 12.7. The molecule has 0 bridgehead atoms. The Hall–Kier alpha value is -1.36. The third-order valence-electron chi connectivity index (χ3n) is 3.51. The largest absolute Gasteiger partial charge is 0.458 e. The molecule has 0 saturated carbocycles. The van der Waals surface area contributed by atoms with Crippen LogP contribution in [0.1, 0.15) is 55.8 Å². The van der Waals surface area contributed by atoms with Gasteiger partial charge in [0, 0.05) is 6.54 Å². The van der Waals surface area contributed by atoms with E-state index in [0.29, 0.717) is 13.0 Å². The van der Waals surface area contributed by atoms with Gasteiger partial charge in [0.15, 0.2) is 0 Å². The van der Waals surface area contributed by atoms with Crippen LogP contribution in [-0.4, -0.2) is 35.0 Å². The molecule has 2 rings (SSSR count). The molecule has 116 valence electrons. The number of esters is 1. The molecule has 0 spiro atoms. The molecule has 1 saturated heterocycles. The fourth-order valence-electron chi connectivity index (χ4n) is 2.56. The van der Waals surface area contributed by atoms with E-state index in [2.05, 4.69) is 0 Å². The smallest absolute Gasteiger partial charge is 0.329 e. The minimum absolute atomic E-state index is 0.0322. The van der Waals surface area contributed by atoms with Crippen LogP contribution in [0.25, 0.3) is 0 Å². The van der Waals surface area contributed by atoms with Crippen molar-refractivity contribution in [3.8, 4) is 0 Å². The molecule has 21 heavy (non-hydrogen) atoms. The zero-order valence-electron chi connectivity index (χ0n) is 13.1. The second-order valence-electron chi connectivity index (χ2n) is 6.32. The number of carbonyl (C=O) groups is 2. The fraction of sp³-hybridized carbons (Fsp3) is 0.625. The fourth-order valence-corrected chi connectivity index (χ4v) is 3.51. The number of likely N-dealkylation sites (tertiary alicyclic amines) is 1. The molecule has 1 aromatic heterocycles. The number of hydrogen-bond donors (Lipinski definition) is 0. The average Bonchev–Trinajstić information content (AvgIpc) is 3.04. The predicted molar refractivity (Wildman–Crippen MR) is 83.6 cm³/mol. The molecule has 0 radical (unpaired) electrons. The van der Waals surface area contributed by atoms with Gasteiger partial charge in [0.1, 0.15) is 11.6 Å². The summed E-state index contributed by atoms with van der Waals surface area (Å²) in [5, 5.41) is 1.94. The van der Waals surface area contributed by atoms with Crippen LogP contribution in [0.4, 0.5) is 0 Å². The summed E-state index contributed by atoms with van der Waals surface area (Å²) in [6.07, 6.45) is 2.37. The van der Waals surface area contributed by atoms with E-state index in [4.69, 9.17) is 4.74 Å². The van der Waals surface area contributed by atoms with Crippen LogP contribution in [0.15, 0.2) is 11.4 Å². The molecular formula is C16H23NO3S. The van der Waals surface area contributed by atoms with Crippen molar-refractivity contribution in [3.63, 3.8) is 0 Å². The van der Waals surface area contributed by atoms with E-state index in [9.17, 15) is 9.59 Å². The molecule has 1 aliphatic heterocycles. The second-order valence-corrected chi connectivity index (χ2v) is 7.23. The normalized spacial score (nSPS) is 18.9. The Morgan fingerprint density at radius 1 is 1.43 bits per heavy atom. The lowest BCUT2D eigenvalue weighted by atomic mass is 10.1. The molecule has 5 heteroatoms. The summed E-state index contributed by atoms with van der Waals surface area (Å²) in [6.45, 7) is 8.21. The van der Waals surface area contributed by atoms with Crippen LogP contribution in [0.5, 0.6) is 0 Å². The molecule has 0 aliphatic carbocycles. The van der Waals surface area contributed by atoms with E-state index in [0.717, 1.165) is 23.3 Å². The van der Waals surface area contributed by atoms with Crippen molar-refractivity contribution in [2.24, 2.45) is 0 Å². The standard InChI is InChI=1S/C16H23NO3S/c1-5-11-8-10-21-13(11)14(18)17-9-6-7-12(17)15(19)20-16(2,3)4/h8,10,12H,5-7,9H2,1-4H3/t12-/m0/s1. The Kier molecular flexibility index (Phi) is 4.71. The maximum Gasteiger partial charge on any atom is 0.329 e. The zero-order chi connectivity index (χ0) is 15.6. The number of hydrogen-bond acceptors (Lipinski definition) is 4. The van der Waals surface area contributed by atoms with Crippen molar-refractivity contribution in [2.75, 3.05) is 6.54 Å². The third kappa shape index (κ3) is 3.64. The highest BCUT2D eigenvalue weighted by Gasteiger charge is 2.37. The van der Waals surface area contributed by atoms with Gasteiger partial charge in [-0.05, 0) is 57.0 Å². The summed E-state index contributed by atoms with van der Waals surface area (Å²) in [4.78, 5) is 27.4. The number of amides is 1. The summed E-state index contributed by atoms with van der Waals surface area (Å²) in [7, 11) is 0. The molecule has 1 atom stereocenters. The molecule has 1 fully saturated rings. The van der Waals surface area contributed by atoms with Gasteiger partial charge in [-0.15, -0.1) is 11.3 Å². The molecule has 1 amide bonds. The average molecular weight is 309 g/mol. The van der Waals surface area contributed by atoms with Gasteiger partial charge in [-0.3, -0.25) is 4.79 Å². The van der Waals surface area contributed by atoms with Gasteiger partial charge in [0.2, 0.25) is 0 Å². The van der Waals surface area contributed by atoms with Crippen LogP contribution < -0.4 is 0 Å². The maximum absolute atomic E-state index is 12.7. The van der Waals surface area contributed by atoms with Crippen LogP contribution in [0, 0.1) is 0 Å². The Bertz CT molecular complexity index is 530. The summed E-state index contributed by atoms with van der Waals surface area (Å²) < 4.78 is 5.45. The van der Waals surface area contributed by atoms with Crippen molar-refractivity contribution in [2.45, 2.75) is 58.6 Å². The third-order valence-corrected chi connectivity index (χ3v) is 4.46. The minimum atomic E-state index is -0.522. The van der Waals surface area contributed by atoms with Crippen molar-refractivity contribution in [1.82, 2.24) is 4.90 Å². The highest BCUT2D eigenvalue weighted by molar-refractivity contribution is 7.12. The van der Waals surface area contributed by atoms with Gasteiger partial charge >= 0.3 is 5.97 Å². The van der Waals surface area contributed by atoms with Crippen LogP contribution in [0.3, 0.4) is 0 Å². The van der Waals surface area contributed by atoms with Crippen molar-refractivity contribution < 1.29 is 14.3 Å². The van der Waals surface area contributed by atoms with E-state index in [1.807, 2.05) is 39.1 Å². The molecule has 0 aromatic carbocycles. The first kappa shape index (κ1) is 16.0. The highest BCUT2D eigenvalue weighted by Crippen LogP contribution is 2.26. The quantitative estimate of drug-likeness (QED) is 0.805. The van der Waals surface area contributed by atoms with E-state index >= 15 is 0 Å². The van der Waals surface area contributed by atoms with Gasteiger partial charge in [0.05, 0.1) is 4.88 Å². The van der Waals surface area contributed by atoms with E-state index in [1.54, 1.807) is 4.90 Å². The molecule has 1 aromatic rings. The van der Waals surface area contributed by atoms with Gasteiger partial charge in [-0.1, -0.05) is 6.92 Å². The highest BCUT2D eigenvalue weighted by atomic mass is 32.1. The number of carbonyl (C=O) groups excluding carboxylic acids is 2. The van der Waals surface area contributed by atoms with Gasteiger partial charge < -0.3 is 9.64 Å². The van der Waals surface area contributed by atoms with Crippen LogP contribution in [-0.2, 0) is 16.0 Å². The predicted octanol–water partition coefficient (Wildman–Crippen LogP) is 3.26. The summed E-state index contributed by atoms with van der Waals surface area (Å²) in [5.41, 5.74) is 0.533. The lowest BCUT2D eigenvalue weighted by molar-refractivity contribution is -0.159. The molecular weight excluding hydrogens is 286 g/mol. The lowest BCUT2D eigenvalue weighted by Gasteiger charge is -2.27. The lowest BCUT2D eigenvalue weighted by Crippen LogP contribution is -2.43. The summed E-state index contributed by atoms with van der Waals surface area (Å²) >= 11 is 1.45. The molecule has 1 aliphatic rings. The van der Waals surface area contributed by atoms with Gasteiger partial charge in [-0.2, -0.15) is 0 Å². The van der Waals surface area contributed by atoms with Crippen molar-refractivity contribution >= 4 is 23.2 Å². The number of rotatable bonds is 3. The van der Waals surface area contributed by atoms with E-state index in [-0.39, 0.29) is 11.9 Å². The number of nitrogens with zero attached hydrogens (tertiary/aromatic N) is 1. The Balaban J connectivity index is 2.15. The zero-order valence-corrected chi connectivity index (χ0v) is 14.0. The van der Waals surface area contributed by atoms with Crippen molar-refractivity contribution in [1.29, 1.82) is 0 Å². The van der Waals surface area contributed by atoms with Crippen molar-refractivity contribution in [3.05, 3.63) is 21.9 Å². The Morgan fingerprint density at radius 3 is 2.76 bits per heavy atom. The van der Waals surface area contributed by atoms with E-state index in [1.165, 1.54) is 11.3 Å². The second kappa shape index (κ2) is 6.18. The SMILES string of the molecule is CCc1ccsc1C(=O)N1CCC[C@H]1C(=O)OC(C)(C)C. The van der Waals surface area contributed by atoms with Gasteiger partial charge in [0.25, 0.3) is 5.91 Å². The first-order chi connectivity index (χ1) is 9.83. The molecule has 0 unspecified atom stereocenters. The molecule has 0 N–H and O–H groups in total.